The van der Waals surface area contributed by atoms with Gasteiger partial charge in [-0.3, -0.25) is 0 Å². The van der Waals surface area contributed by atoms with Gasteiger partial charge in [0.25, 0.3) is 0 Å². The molecule has 0 N–H and O–H groups in total. The number of fused-ring (bicyclic) bond motifs is 2. The van der Waals surface area contributed by atoms with Gasteiger partial charge in [-0.2, -0.15) is 0 Å². The average molecular weight is 306 g/mol. The summed E-state index contributed by atoms with van der Waals surface area (Å²) in [7, 11) is 0. The van der Waals surface area contributed by atoms with Crippen LogP contribution in [0.3, 0.4) is 0 Å². The predicted octanol–water partition coefficient (Wildman–Crippen LogP) is 4.67. The Kier molecular flexibility index (Phi) is 3.32. The number of hydrogen-bond acceptors (Lipinski definition) is 2. The first-order valence-electron chi connectivity index (χ1n) is 9.61. The zero-order valence-corrected chi connectivity index (χ0v) is 15.3. The highest BCUT2D eigenvalue weighted by Crippen LogP contribution is 2.64. The van der Waals surface area contributed by atoms with Gasteiger partial charge in [-0.25, -0.2) is 0 Å². The van der Waals surface area contributed by atoms with Gasteiger partial charge >= 0.3 is 0 Å². The smallest absolute Gasteiger partial charge is 0.0952 e. The molecule has 4 fully saturated rings. The molecule has 2 saturated heterocycles. The minimum Gasteiger partial charge on any atom is -0.366 e. The summed E-state index contributed by atoms with van der Waals surface area (Å²) in [6.07, 6.45) is 6.33. The third kappa shape index (κ3) is 2.13. The fourth-order valence-corrected chi connectivity index (χ4v) is 5.84. The summed E-state index contributed by atoms with van der Waals surface area (Å²) in [5, 5.41) is 0. The van der Waals surface area contributed by atoms with Crippen molar-refractivity contribution < 1.29 is 9.47 Å². The summed E-state index contributed by atoms with van der Waals surface area (Å²) in [5.41, 5.74) is 0.322. The SMILES string of the molecule is CC(C)C1CC2OC2(C)C(C2CC(C(C)C)CC3OC32C)C1. The molecule has 0 aromatic rings. The van der Waals surface area contributed by atoms with Crippen molar-refractivity contribution >= 4 is 0 Å². The van der Waals surface area contributed by atoms with Crippen LogP contribution < -0.4 is 0 Å². The van der Waals surface area contributed by atoms with Crippen LogP contribution in [0.1, 0.15) is 67.2 Å². The van der Waals surface area contributed by atoms with E-state index in [9.17, 15) is 0 Å². The van der Waals surface area contributed by atoms with Crippen molar-refractivity contribution in [2.75, 3.05) is 0 Å². The van der Waals surface area contributed by atoms with Crippen molar-refractivity contribution in [3.05, 3.63) is 0 Å². The Balaban J connectivity index is 1.59. The highest BCUT2D eigenvalue weighted by molar-refractivity contribution is 5.18. The second-order valence-electron chi connectivity index (χ2n) is 9.74. The number of hydrogen-bond donors (Lipinski definition) is 0. The average Bonchev–Trinajstić information content (AvgIpc) is 3.29. The molecule has 8 atom stereocenters. The third-order valence-corrected chi connectivity index (χ3v) is 7.95. The van der Waals surface area contributed by atoms with Crippen molar-refractivity contribution in [3.63, 3.8) is 0 Å². The minimum absolute atomic E-state index is 0.161. The molecule has 2 aliphatic heterocycles. The largest absolute Gasteiger partial charge is 0.366 e. The summed E-state index contributed by atoms with van der Waals surface area (Å²) >= 11 is 0. The molecule has 2 heterocycles. The highest BCUT2D eigenvalue weighted by Gasteiger charge is 2.70. The Morgan fingerprint density at radius 2 is 1.05 bits per heavy atom. The van der Waals surface area contributed by atoms with Crippen LogP contribution in [-0.4, -0.2) is 23.4 Å². The molecule has 2 saturated carbocycles. The Morgan fingerprint density at radius 1 is 0.682 bits per heavy atom. The van der Waals surface area contributed by atoms with E-state index in [0.717, 1.165) is 23.7 Å². The fourth-order valence-electron chi connectivity index (χ4n) is 5.84. The highest BCUT2D eigenvalue weighted by atomic mass is 16.6. The molecule has 0 bridgehead atoms. The second-order valence-corrected chi connectivity index (χ2v) is 9.74. The van der Waals surface area contributed by atoms with E-state index in [0.29, 0.717) is 24.0 Å². The molecule has 2 heteroatoms. The van der Waals surface area contributed by atoms with E-state index in [1.54, 1.807) is 0 Å². The lowest BCUT2D eigenvalue weighted by molar-refractivity contribution is 0.0494. The Bertz CT molecular complexity index is 417. The van der Waals surface area contributed by atoms with Gasteiger partial charge in [0.15, 0.2) is 0 Å². The minimum atomic E-state index is 0.161. The van der Waals surface area contributed by atoms with Crippen LogP contribution in [-0.2, 0) is 9.47 Å². The first-order valence-corrected chi connectivity index (χ1v) is 9.61. The third-order valence-electron chi connectivity index (χ3n) is 7.95. The van der Waals surface area contributed by atoms with Crippen LogP contribution in [0.2, 0.25) is 0 Å². The van der Waals surface area contributed by atoms with Gasteiger partial charge in [0.05, 0.1) is 23.4 Å². The summed E-state index contributed by atoms with van der Waals surface area (Å²) in [4.78, 5) is 0. The van der Waals surface area contributed by atoms with Crippen molar-refractivity contribution in [1.29, 1.82) is 0 Å². The second kappa shape index (κ2) is 4.72. The van der Waals surface area contributed by atoms with Crippen molar-refractivity contribution in [3.8, 4) is 0 Å². The van der Waals surface area contributed by atoms with E-state index in [4.69, 9.17) is 9.47 Å². The van der Waals surface area contributed by atoms with Crippen LogP contribution in [0, 0.1) is 35.5 Å². The van der Waals surface area contributed by atoms with Gasteiger partial charge in [0, 0.05) is 0 Å². The Labute approximate surface area is 136 Å². The van der Waals surface area contributed by atoms with Crippen LogP contribution in [0.25, 0.3) is 0 Å². The van der Waals surface area contributed by atoms with Gasteiger partial charge in [0.1, 0.15) is 0 Å². The van der Waals surface area contributed by atoms with Gasteiger partial charge < -0.3 is 9.47 Å². The lowest BCUT2D eigenvalue weighted by Gasteiger charge is -2.43. The van der Waals surface area contributed by atoms with Crippen molar-refractivity contribution in [2.24, 2.45) is 35.5 Å². The lowest BCUT2D eigenvalue weighted by Crippen LogP contribution is -2.46. The van der Waals surface area contributed by atoms with Gasteiger partial charge in [-0.15, -0.1) is 0 Å². The molecule has 0 amide bonds. The van der Waals surface area contributed by atoms with Crippen LogP contribution in [0.5, 0.6) is 0 Å². The zero-order valence-electron chi connectivity index (χ0n) is 15.3. The van der Waals surface area contributed by atoms with E-state index in [2.05, 4.69) is 41.5 Å². The fraction of sp³-hybridized carbons (Fsp3) is 1.00. The standard InChI is InChI=1S/C20H34O2/c1-11(2)13-7-15(19(5)17(9-13)21-19)16-8-14(12(3)4)10-18-20(16,6)22-18/h11-18H,7-10H2,1-6H3. The predicted molar refractivity (Wildman–Crippen MR) is 88.7 cm³/mol. The first kappa shape index (κ1) is 15.4. The number of ether oxygens (including phenoxy) is 2. The Hall–Kier alpha value is -0.0800. The molecular formula is C20H34O2. The van der Waals surface area contributed by atoms with E-state index in [1.165, 1.54) is 25.7 Å². The lowest BCUT2D eigenvalue weighted by atomic mass is 9.59. The van der Waals surface area contributed by atoms with E-state index < -0.39 is 0 Å². The van der Waals surface area contributed by atoms with Crippen molar-refractivity contribution in [2.45, 2.75) is 90.6 Å². The topological polar surface area (TPSA) is 25.1 Å². The van der Waals surface area contributed by atoms with Gasteiger partial charge in [-0.1, -0.05) is 27.7 Å². The molecule has 22 heavy (non-hydrogen) atoms. The number of rotatable bonds is 3. The van der Waals surface area contributed by atoms with Crippen molar-refractivity contribution in [1.82, 2.24) is 0 Å². The molecule has 4 aliphatic rings. The van der Waals surface area contributed by atoms with Crippen LogP contribution in [0.15, 0.2) is 0 Å². The summed E-state index contributed by atoms with van der Waals surface area (Å²) < 4.78 is 12.5. The quantitative estimate of drug-likeness (QED) is 0.708. The molecule has 0 aromatic heterocycles. The normalized spacial score (nSPS) is 56.7. The molecular weight excluding hydrogens is 272 g/mol. The van der Waals surface area contributed by atoms with Gasteiger partial charge in [0.2, 0.25) is 0 Å². The Morgan fingerprint density at radius 3 is 1.36 bits per heavy atom. The maximum atomic E-state index is 6.26. The first-order chi connectivity index (χ1) is 10.3. The number of epoxide rings is 2. The van der Waals surface area contributed by atoms with E-state index in [-0.39, 0.29) is 11.2 Å². The molecule has 0 spiro atoms. The maximum absolute atomic E-state index is 6.26. The van der Waals surface area contributed by atoms with Crippen LogP contribution >= 0.6 is 0 Å². The summed E-state index contributed by atoms with van der Waals surface area (Å²) in [6, 6.07) is 0. The molecule has 2 nitrogen and oxygen atoms in total. The molecule has 0 radical (unpaired) electrons. The molecule has 126 valence electrons. The molecule has 2 aliphatic carbocycles. The van der Waals surface area contributed by atoms with Gasteiger partial charge in [-0.05, 0) is 75.0 Å². The molecule has 8 unspecified atom stereocenters. The molecule has 4 rings (SSSR count). The van der Waals surface area contributed by atoms with E-state index in [1.807, 2.05) is 0 Å². The molecule has 0 aromatic carbocycles. The monoisotopic (exact) mass is 306 g/mol. The summed E-state index contributed by atoms with van der Waals surface area (Å²) in [5.74, 6) is 4.65. The zero-order chi connectivity index (χ0) is 15.9. The van der Waals surface area contributed by atoms with Crippen LogP contribution in [0.4, 0.5) is 0 Å². The van der Waals surface area contributed by atoms with E-state index >= 15 is 0 Å². The summed E-state index contributed by atoms with van der Waals surface area (Å²) in [6.45, 7) is 14.3. The maximum Gasteiger partial charge on any atom is 0.0952 e.